The smallest absolute Gasteiger partial charge is 0.237 e. The molecule has 0 spiro atoms. The highest BCUT2D eigenvalue weighted by molar-refractivity contribution is 5.81. The maximum atomic E-state index is 11.7. The second kappa shape index (κ2) is 6.89. The molecule has 0 saturated heterocycles. The number of hydrogen-bond acceptors (Lipinski definition) is 2. The lowest BCUT2D eigenvalue weighted by Crippen LogP contribution is -2.46. The lowest BCUT2D eigenvalue weighted by Gasteiger charge is -2.24. The summed E-state index contributed by atoms with van der Waals surface area (Å²) < 4.78 is 0. The summed E-state index contributed by atoms with van der Waals surface area (Å²) in [5, 5.41) is 3.06. The molecule has 1 fully saturated rings. The van der Waals surface area contributed by atoms with E-state index in [0.29, 0.717) is 12.3 Å². The zero-order valence-corrected chi connectivity index (χ0v) is 10.7. The van der Waals surface area contributed by atoms with Crippen molar-refractivity contribution in [3.05, 3.63) is 0 Å². The molecular formula is C13H26N2O. The van der Waals surface area contributed by atoms with E-state index in [-0.39, 0.29) is 18.0 Å². The average molecular weight is 226 g/mol. The van der Waals surface area contributed by atoms with Gasteiger partial charge in [-0.3, -0.25) is 4.79 Å². The minimum absolute atomic E-state index is 0.0132. The van der Waals surface area contributed by atoms with E-state index in [4.69, 9.17) is 5.73 Å². The molecule has 1 amide bonds. The Hall–Kier alpha value is -0.570. The molecule has 1 aliphatic rings. The second-order valence-electron chi connectivity index (χ2n) is 5.06. The minimum atomic E-state index is -0.340. The lowest BCUT2D eigenvalue weighted by molar-refractivity contribution is -0.123. The van der Waals surface area contributed by atoms with Gasteiger partial charge in [-0.25, -0.2) is 0 Å². The molecule has 1 saturated carbocycles. The van der Waals surface area contributed by atoms with Crippen LogP contribution in [0.5, 0.6) is 0 Å². The first kappa shape index (κ1) is 13.5. The van der Waals surface area contributed by atoms with Crippen molar-refractivity contribution in [3.8, 4) is 0 Å². The van der Waals surface area contributed by atoms with Gasteiger partial charge in [-0.2, -0.15) is 0 Å². The van der Waals surface area contributed by atoms with E-state index in [1.54, 1.807) is 0 Å². The maximum absolute atomic E-state index is 11.7. The number of nitrogens with two attached hydrogens (primary N) is 1. The number of amides is 1. The second-order valence-corrected chi connectivity index (χ2v) is 5.06. The van der Waals surface area contributed by atoms with Crippen LogP contribution in [0.15, 0.2) is 0 Å². The fourth-order valence-corrected chi connectivity index (χ4v) is 2.45. The summed E-state index contributed by atoms with van der Waals surface area (Å²) in [6.45, 7) is 4.07. The fourth-order valence-electron chi connectivity index (χ4n) is 2.45. The van der Waals surface area contributed by atoms with Crippen molar-refractivity contribution in [1.29, 1.82) is 0 Å². The van der Waals surface area contributed by atoms with E-state index in [1.807, 2.05) is 6.92 Å². The average Bonchev–Trinajstić information content (AvgIpc) is 2.56. The van der Waals surface area contributed by atoms with Crippen molar-refractivity contribution in [2.45, 2.75) is 70.9 Å². The molecule has 94 valence electrons. The number of hydrogen-bond donors (Lipinski definition) is 2. The van der Waals surface area contributed by atoms with Gasteiger partial charge in [0.1, 0.15) is 0 Å². The molecule has 0 aromatic heterocycles. The maximum Gasteiger partial charge on any atom is 0.237 e. The van der Waals surface area contributed by atoms with Crippen LogP contribution in [0.25, 0.3) is 0 Å². The van der Waals surface area contributed by atoms with E-state index < -0.39 is 0 Å². The molecule has 0 aromatic carbocycles. The van der Waals surface area contributed by atoms with Crippen LogP contribution in [0.2, 0.25) is 0 Å². The van der Waals surface area contributed by atoms with Crippen LogP contribution in [0.3, 0.4) is 0 Å². The molecule has 3 N–H and O–H groups in total. The predicted octanol–water partition coefficient (Wildman–Crippen LogP) is 2.20. The zero-order valence-electron chi connectivity index (χ0n) is 10.7. The molecule has 0 aromatic rings. The van der Waals surface area contributed by atoms with Crippen LogP contribution in [0, 0.1) is 5.92 Å². The zero-order chi connectivity index (χ0) is 12.0. The van der Waals surface area contributed by atoms with Crippen molar-refractivity contribution in [2.24, 2.45) is 11.7 Å². The number of carbonyl (C=O) groups is 1. The first-order valence-electron chi connectivity index (χ1n) is 6.71. The highest BCUT2D eigenvalue weighted by Gasteiger charge is 2.22. The van der Waals surface area contributed by atoms with Gasteiger partial charge in [0.2, 0.25) is 5.91 Å². The van der Waals surface area contributed by atoms with Gasteiger partial charge in [0.15, 0.2) is 0 Å². The summed E-state index contributed by atoms with van der Waals surface area (Å²) in [5.74, 6) is 0.662. The van der Waals surface area contributed by atoms with Crippen LogP contribution >= 0.6 is 0 Å². The predicted molar refractivity (Wildman–Crippen MR) is 67.1 cm³/mol. The van der Waals surface area contributed by atoms with E-state index >= 15 is 0 Å². The van der Waals surface area contributed by atoms with Crippen LogP contribution in [0.4, 0.5) is 0 Å². The number of carbonyl (C=O) groups excluding carboxylic acids is 1. The topological polar surface area (TPSA) is 55.1 Å². The molecule has 0 radical (unpaired) electrons. The molecule has 3 heteroatoms. The molecule has 1 aliphatic carbocycles. The Bertz CT molecular complexity index is 210. The quantitative estimate of drug-likeness (QED) is 0.722. The standard InChI is InChI=1S/C13H26N2O/c1-3-12(14)13(16)15-10(2)11-8-6-4-5-7-9-11/h10-12H,3-9,14H2,1-2H3,(H,15,16)/t10-,12?/m1/s1. The van der Waals surface area contributed by atoms with Gasteiger partial charge in [-0.05, 0) is 32.1 Å². The van der Waals surface area contributed by atoms with Gasteiger partial charge >= 0.3 is 0 Å². The Morgan fingerprint density at radius 2 is 1.88 bits per heavy atom. The summed E-state index contributed by atoms with van der Waals surface area (Å²) in [4.78, 5) is 11.7. The Morgan fingerprint density at radius 3 is 2.38 bits per heavy atom. The molecule has 0 heterocycles. The van der Waals surface area contributed by atoms with Gasteiger partial charge in [0.25, 0.3) is 0 Å². The Morgan fingerprint density at radius 1 is 1.31 bits per heavy atom. The summed E-state index contributed by atoms with van der Waals surface area (Å²) >= 11 is 0. The van der Waals surface area contributed by atoms with Gasteiger partial charge in [0.05, 0.1) is 6.04 Å². The Balaban J connectivity index is 2.37. The molecule has 2 atom stereocenters. The summed E-state index contributed by atoms with van der Waals surface area (Å²) in [7, 11) is 0. The van der Waals surface area contributed by atoms with Crippen molar-refractivity contribution < 1.29 is 4.79 Å². The van der Waals surface area contributed by atoms with Gasteiger partial charge in [-0.1, -0.05) is 32.6 Å². The monoisotopic (exact) mass is 226 g/mol. The largest absolute Gasteiger partial charge is 0.352 e. The van der Waals surface area contributed by atoms with E-state index in [9.17, 15) is 4.79 Å². The molecule has 0 bridgehead atoms. The normalized spacial score (nSPS) is 22.2. The molecule has 3 nitrogen and oxygen atoms in total. The van der Waals surface area contributed by atoms with Crippen molar-refractivity contribution in [1.82, 2.24) is 5.32 Å². The fraction of sp³-hybridized carbons (Fsp3) is 0.923. The number of rotatable bonds is 4. The summed E-state index contributed by atoms with van der Waals surface area (Å²) in [6.07, 6.45) is 8.54. The highest BCUT2D eigenvalue weighted by atomic mass is 16.2. The highest BCUT2D eigenvalue weighted by Crippen LogP contribution is 2.25. The van der Waals surface area contributed by atoms with E-state index in [0.717, 1.165) is 0 Å². The Labute approximate surface area is 99.2 Å². The van der Waals surface area contributed by atoms with E-state index in [1.165, 1.54) is 38.5 Å². The van der Waals surface area contributed by atoms with Crippen LogP contribution in [-0.2, 0) is 4.79 Å². The van der Waals surface area contributed by atoms with Gasteiger partial charge in [0, 0.05) is 6.04 Å². The van der Waals surface area contributed by atoms with Gasteiger partial charge in [-0.15, -0.1) is 0 Å². The lowest BCUT2D eigenvalue weighted by atomic mass is 9.93. The third kappa shape index (κ3) is 4.12. The first-order chi connectivity index (χ1) is 7.65. The van der Waals surface area contributed by atoms with Crippen LogP contribution in [-0.4, -0.2) is 18.0 Å². The molecular weight excluding hydrogens is 200 g/mol. The molecule has 0 aliphatic heterocycles. The Kier molecular flexibility index (Phi) is 5.81. The van der Waals surface area contributed by atoms with Crippen LogP contribution < -0.4 is 11.1 Å². The molecule has 1 unspecified atom stereocenters. The third-order valence-corrected chi connectivity index (χ3v) is 3.75. The molecule has 1 rings (SSSR count). The minimum Gasteiger partial charge on any atom is -0.352 e. The molecule has 16 heavy (non-hydrogen) atoms. The van der Waals surface area contributed by atoms with Crippen molar-refractivity contribution in [2.75, 3.05) is 0 Å². The first-order valence-corrected chi connectivity index (χ1v) is 6.71. The van der Waals surface area contributed by atoms with Crippen molar-refractivity contribution >= 4 is 5.91 Å². The van der Waals surface area contributed by atoms with Gasteiger partial charge < -0.3 is 11.1 Å². The van der Waals surface area contributed by atoms with Crippen LogP contribution in [0.1, 0.15) is 58.8 Å². The number of nitrogens with one attached hydrogen (secondary N) is 1. The van der Waals surface area contributed by atoms with Crippen molar-refractivity contribution in [3.63, 3.8) is 0 Å². The summed E-state index contributed by atoms with van der Waals surface area (Å²) in [5.41, 5.74) is 5.71. The SMILES string of the molecule is CCC(N)C(=O)N[C@H](C)C1CCCCCC1. The van der Waals surface area contributed by atoms with E-state index in [2.05, 4.69) is 12.2 Å². The summed E-state index contributed by atoms with van der Waals surface area (Å²) in [6, 6.07) is -0.0589. The third-order valence-electron chi connectivity index (χ3n) is 3.75.